The Morgan fingerprint density at radius 3 is 2.75 bits per heavy atom. The summed E-state index contributed by atoms with van der Waals surface area (Å²) in [6.45, 7) is 2.05. The Morgan fingerprint density at radius 1 is 1.62 bits per heavy atom. The van der Waals surface area contributed by atoms with Gasteiger partial charge >= 0.3 is 0 Å². The van der Waals surface area contributed by atoms with Crippen molar-refractivity contribution in [1.82, 2.24) is 0 Å². The molecule has 2 radical (unpaired) electrons. The molecular formula is C7H5I. The molecule has 0 amide bonds. The smallest absolute Gasteiger partial charge is 0.0218 e. The quantitative estimate of drug-likeness (QED) is 0.583. The second-order valence-electron chi connectivity index (χ2n) is 1.65. The fraction of sp³-hybridized carbons (Fsp3) is 0.143. The van der Waals surface area contributed by atoms with E-state index >= 15 is 0 Å². The third-order valence-corrected chi connectivity index (χ3v) is 1.43. The summed E-state index contributed by atoms with van der Waals surface area (Å²) in [7, 11) is 0. The van der Waals surface area contributed by atoms with Crippen LogP contribution in [0.15, 0.2) is 12.1 Å². The molecule has 8 heavy (non-hydrogen) atoms. The first kappa shape index (κ1) is 6.08. The van der Waals surface area contributed by atoms with E-state index in [2.05, 4.69) is 40.8 Å². The normalized spacial score (nSPS) is 9.25. The summed E-state index contributed by atoms with van der Waals surface area (Å²) < 4.78 is 1.13. The summed E-state index contributed by atoms with van der Waals surface area (Å²) in [5.41, 5.74) is 1.24. The number of halogens is 1. The van der Waals surface area contributed by atoms with Crippen molar-refractivity contribution < 1.29 is 0 Å². The first-order valence-corrected chi connectivity index (χ1v) is 3.42. The highest BCUT2D eigenvalue weighted by Crippen LogP contribution is 2.03. The van der Waals surface area contributed by atoms with Gasteiger partial charge in [0.2, 0.25) is 0 Å². The standard InChI is InChI=1S/C7H5I/c1-6-3-2-4-7(8)5-6/h3,5H,1H3. The number of hydrogen-bond donors (Lipinski definition) is 0. The lowest BCUT2D eigenvalue weighted by Crippen LogP contribution is -1.72. The predicted octanol–water partition coefficient (Wildman–Crippen LogP) is 2.20. The highest BCUT2D eigenvalue weighted by molar-refractivity contribution is 14.1. The summed E-state index contributed by atoms with van der Waals surface area (Å²) in [6.07, 6.45) is 0. The zero-order chi connectivity index (χ0) is 5.98. The van der Waals surface area contributed by atoms with Crippen molar-refractivity contribution >= 4 is 22.6 Å². The first-order chi connectivity index (χ1) is 3.79. The number of aryl methyl sites for hydroxylation is 1. The molecule has 0 aliphatic heterocycles. The lowest BCUT2D eigenvalue weighted by molar-refractivity contribution is 1.44. The molecule has 40 valence electrons. The summed E-state index contributed by atoms with van der Waals surface area (Å²) in [5, 5.41) is 0. The third kappa shape index (κ3) is 1.47. The van der Waals surface area contributed by atoms with Crippen molar-refractivity contribution in [2.45, 2.75) is 6.92 Å². The lowest BCUT2D eigenvalue weighted by atomic mass is 10.2. The Bertz CT molecular complexity index is 164. The molecule has 0 aliphatic rings. The molecule has 0 bridgehead atoms. The van der Waals surface area contributed by atoms with Gasteiger partial charge in [0.25, 0.3) is 0 Å². The van der Waals surface area contributed by atoms with Crippen LogP contribution >= 0.6 is 22.6 Å². The number of rotatable bonds is 0. The molecule has 0 saturated carbocycles. The molecule has 0 aromatic heterocycles. The van der Waals surface area contributed by atoms with Crippen LogP contribution in [0.5, 0.6) is 0 Å². The maximum atomic E-state index is 2.93. The second kappa shape index (κ2) is 2.49. The van der Waals surface area contributed by atoms with Crippen LogP contribution in [0, 0.1) is 22.6 Å². The van der Waals surface area contributed by atoms with Gasteiger partial charge in [-0.25, -0.2) is 0 Å². The molecule has 0 nitrogen and oxygen atoms in total. The molecule has 1 rings (SSSR count). The van der Waals surface area contributed by atoms with Gasteiger partial charge in [0.1, 0.15) is 0 Å². The molecule has 0 heterocycles. The molecule has 0 spiro atoms. The van der Waals surface area contributed by atoms with Gasteiger partial charge < -0.3 is 0 Å². The molecular weight excluding hydrogens is 211 g/mol. The average molecular weight is 216 g/mol. The summed E-state index contributed by atoms with van der Waals surface area (Å²) in [6, 6.07) is 9.82. The van der Waals surface area contributed by atoms with E-state index in [1.54, 1.807) is 0 Å². The van der Waals surface area contributed by atoms with Crippen LogP contribution in [-0.2, 0) is 0 Å². The minimum Gasteiger partial charge on any atom is -0.0507 e. The topological polar surface area (TPSA) is 0 Å². The minimum atomic E-state index is 1.13. The summed E-state index contributed by atoms with van der Waals surface area (Å²) in [4.78, 5) is 0. The van der Waals surface area contributed by atoms with Crippen LogP contribution in [0.3, 0.4) is 0 Å². The average Bonchev–Trinajstić information content (AvgIpc) is 1.64. The third-order valence-electron chi connectivity index (χ3n) is 0.846. The molecule has 1 aromatic carbocycles. The largest absolute Gasteiger partial charge is 0.0507 e. The van der Waals surface area contributed by atoms with Gasteiger partial charge in [-0.3, -0.25) is 0 Å². The van der Waals surface area contributed by atoms with Crippen LogP contribution in [-0.4, -0.2) is 0 Å². The van der Waals surface area contributed by atoms with E-state index in [-0.39, 0.29) is 0 Å². The van der Waals surface area contributed by atoms with E-state index in [0.29, 0.717) is 0 Å². The minimum absolute atomic E-state index is 1.13. The highest BCUT2D eigenvalue weighted by Gasteiger charge is 1.83. The van der Waals surface area contributed by atoms with Crippen LogP contribution in [0.4, 0.5) is 0 Å². The van der Waals surface area contributed by atoms with Crippen LogP contribution in [0.2, 0.25) is 0 Å². The van der Waals surface area contributed by atoms with Gasteiger partial charge in [-0.2, -0.15) is 0 Å². The summed E-state index contributed by atoms with van der Waals surface area (Å²) >= 11 is 2.22. The molecule has 0 atom stereocenters. The molecule has 0 N–H and O–H groups in total. The molecule has 1 heteroatoms. The second-order valence-corrected chi connectivity index (χ2v) is 2.81. The maximum absolute atomic E-state index is 2.93. The van der Waals surface area contributed by atoms with Gasteiger partial charge in [-0.15, -0.1) is 0 Å². The van der Waals surface area contributed by atoms with Crippen LogP contribution in [0.25, 0.3) is 0 Å². The Kier molecular flexibility index (Phi) is 1.89. The highest BCUT2D eigenvalue weighted by atomic mass is 127. The zero-order valence-corrected chi connectivity index (χ0v) is 6.69. The SMILES string of the molecule is Cc1c[c][c]c(I)c1. The van der Waals surface area contributed by atoms with E-state index in [0.717, 1.165) is 3.57 Å². The molecule has 0 saturated heterocycles. The van der Waals surface area contributed by atoms with E-state index in [4.69, 9.17) is 0 Å². The monoisotopic (exact) mass is 216 g/mol. The number of benzene rings is 1. The van der Waals surface area contributed by atoms with Crippen LogP contribution in [0.1, 0.15) is 5.56 Å². The predicted molar refractivity (Wildman–Crippen MR) is 41.6 cm³/mol. The van der Waals surface area contributed by atoms with Gasteiger partial charge in [0.05, 0.1) is 0 Å². The first-order valence-electron chi connectivity index (χ1n) is 2.34. The van der Waals surface area contributed by atoms with Crippen LogP contribution < -0.4 is 0 Å². The van der Waals surface area contributed by atoms with Gasteiger partial charge in [0, 0.05) is 9.64 Å². The van der Waals surface area contributed by atoms with E-state index in [9.17, 15) is 0 Å². The Balaban J connectivity index is 3.08. The van der Waals surface area contributed by atoms with Crippen molar-refractivity contribution in [3.8, 4) is 0 Å². The van der Waals surface area contributed by atoms with Crippen molar-refractivity contribution in [3.63, 3.8) is 0 Å². The van der Waals surface area contributed by atoms with E-state index < -0.39 is 0 Å². The summed E-state index contributed by atoms with van der Waals surface area (Å²) in [5.74, 6) is 0. The van der Waals surface area contributed by atoms with Gasteiger partial charge in [-0.05, 0) is 47.2 Å². The van der Waals surface area contributed by atoms with Gasteiger partial charge in [-0.1, -0.05) is 6.07 Å². The van der Waals surface area contributed by atoms with E-state index in [1.807, 2.05) is 13.0 Å². The van der Waals surface area contributed by atoms with Crippen molar-refractivity contribution in [1.29, 1.82) is 0 Å². The maximum Gasteiger partial charge on any atom is 0.0218 e. The van der Waals surface area contributed by atoms with E-state index in [1.165, 1.54) is 5.56 Å². The van der Waals surface area contributed by atoms with Gasteiger partial charge in [0.15, 0.2) is 0 Å². The van der Waals surface area contributed by atoms with Crippen molar-refractivity contribution in [2.75, 3.05) is 0 Å². The Hall–Kier alpha value is -0.0500. The Morgan fingerprint density at radius 2 is 2.38 bits per heavy atom. The fourth-order valence-electron chi connectivity index (χ4n) is 0.497. The van der Waals surface area contributed by atoms with Crippen molar-refractivity contribution in [3.05, 3.63) is 33.4 Å². The zero-order valence-electron chi connectivity index (χ0n) is 4.53. The molecule has 0 fully saturated rings. The Labute approximate surface area is 63.1 Å². The fourth-order valence-corrected chi connectivity index (χ4v) is 1.14. The number of hydrogen-bond acceptors (Lipinski definition) is 0. The van der Waals surface area contributed by atoms with Crippen molar-refractivity contribution in [2.24, 2.45) is 0 Å². The lowest BCUT2D eigenvalue weighted by Gasteiger charge is -1.87. The molecule has 0 unspecified atom stereocenters. The molecule has 0 aliphatic carbocycles. The molecule has 1 aromatic rings.